The van der Waals surface area contributed by atoms with E-state index in [9.17, 15) is 0 Å². The van der Waals surface area contributed by atoms with Crippen molar-refractivity contribution in [1.29, 1.82) is 0 Å². The van der Waals surface area contributed by atoms with Crippen LogP contribution < -0.4 is 15.4 Å². The number of nitrogens with zero attached hydrogens (tertiary/aromatic N) is 3. The van der Waals surface area contributed by atoms with Crippen LogP contribution in [0.5, 0.6) is 5.88 Å². The van der Waals surface area contributed by atoms with E-state index in [1.165, 1.54) is 0 Å². The van der Waals surface area contributed by atoms with E-state index in [4.69, 9.17) is 4.74 Å². The van der Waals surface area contributed by atoms with Crippen molar-refractivity contribution in [2.45, 2.75) is 40.2 Å². The summed E-state index contributed by atoms with van der Waals surface area (Å²) in [4.78, 5) is 13.4. The molecule has 0 amide bonds. The molecule has 25 heavy (non-hydrogen) atoms. The molecule has 0 spiro atoms. The predicted molar refractivity (Wildman–Crippen MR) is 103 cm³/mol. The largest absolute Gasteiger partial charge is 0.478 e. The summed E-state index contributed by atoms with van der Waals surface area (Å²) in [7, 11) is 0. The zero-order chi connectivity index (χ0) is 17.9. The highest BCUT2D eigenvalue weighted by atomic mass is 32.1. The van der Waals surface area contributed by atoms with Crippen LogP contribution in [0.15, 0.2) is 28.7 Å². The van der Waals surface area contributed by atoms with Crippen molar-refractivity contribution in [3.05, 3.63) is 40.0 Å². The molecule has 2 N–H and O–H groups in total. The Kier molecular flexibility index (Phi) is 8.18. The summed E-state index contributed by atoms with van der Waals surface area (Å²) in [6.07, 6.45) is 3.68. The fourth-order valence-electron chi connectivity index (χ4n) is 2.14. The van der Waals surface area contributed by atoms with E-state index < -0.39 is 0 Å². The molecule has 2 aromatic rings. The third-order valence-electron chi connectivity index (χ3n) is 3.36. The van der Waals surface area contributed by atoms with Crippen LogP contribution in [0.25, 0.3) is 0 Å². The van der Waals surface area contributed by atoms with E-state index in [1.54, 1.807) is 11.3 Å². The molecule has 0 aliphatic rings. The number of guanidine groups is 1. The Labute approximate surface area is 153 Å². The maximum absolute atomic E-state index is 5.49. The lowest BCUT2D eigenvalue weighted by Crippen LogP contribution is -2.38. The fraction of sp³-hybridized carbons (Fsp3) is 0.500. The molecule has 136 valence electrons. The van der Waals surface area contributed by atoms with Gasteiger partial charge in [0.05, 0.1) is 23.9 Å². The van der Waals surface area contributed by atoms with Crippen LogP contribution in [0.2, 0.25) is 0 Å². The first kappa shape index (κ1) is 19.2. The van der Waals surface area contributed by atoms with Crippen molar-refractivity contribution < 1.29 is 4.74 Å². The second-order valence-corrected chi connectivity index (χ2v) is 6.65. The van der Waals surface area contributed by atoms with E-state index >= 15 is 0 Å². The Bertz CT molecular complexity index is 654. The van der Waals surface area contributed by atoms with Crippen molar-refractivity contribution >= 4 is 17.3 Å². The first-order valence-corrected chi connectivity index (χ1v) is 9.60. The lowest BCUT2D eigenvalue weighted by atomic mass is 10.3. The molecule has 2 aromatic heterocycles. The monoisotopic (exact) mass is 361 g/mol. The average Bonchev–Trinajstić information content (AvgIpc) is 3.04. The van der Waals surface area contributed by atoms with Gasteiger partial charge >= 0.3 is 0 Å². The topological polar surface area (TPSA) is 71.4 Å². The van der Waals surface area contributed by atoms with E-state index in [-0.39, 0.29) is 0 Å². The van der Waals surface area contributed by atoms with Crippen LogP contribution in [-0.2, 0) is 13.0 Å². The Balaban J connectivity index is 1.83. The molecule has 2 heterocycles. The van der Waals surface area contributed by atoms with Crippen molar-refractivity contribution in [1.82, 2.24) is 20.6 Å². The highest BCUT2D eigenvalue weighted by Crippen LogP contribution is 2.09. The molecule has 0 radical (unpaired) electrons. The summed E-state index contributed by atoms with van der Waals surface area (Å²) in [6, 6.07) is 3.90. The van der Waals surface area contributed by atoms with Gasteiger partial charge in [-0.25, -0.2) is 15.0 Å². The number of hydrogen-bond acceptors (Lipinski definition) is 5. The lowest BCUT2D eigenvalue weighted by Gasteiger charge is -2.10. The molecule has 0 aliphatic carbocycles. The maximum Gasteiger partial charge on any atom is 0.213 e. The standard InChI is InChI=1S/C18H27N5OS/c1-4-10-24-17-7-6-15(11-21-17)12-22-18(19-5-2)20-9-8-16-13-25-14(3)23-16/h6-7,11,13H,4-5,8-10,12H2,1-3H3,(H2,19,20,22). The van der Waals surface area contributed by atoms with Crippen LogP contribution >= 0.6 is 11.3 Å². The van der Waals surface area contributed by atoms with E-state index in [2.05, 4.69) is 44.8 Å². The summed E-state index contributed by atoms with van der Waals surface area (Å²) in [5, 5.41) is 9.82. The molecule has 2 rings (SSSR count). The molecular weight excluding hydrogens is 334 g/mol. The van der Waals surface area contributed by atoms with E-state index in [1.807, 2.05) is 25.3 Å². The summed E-state index contributed by atoms with van der Waals surface area (Å²) in [5.74, 6) is 1.47. The zero-order valence-electron chi connectivity index (χ0n) is 15.2. The van der Waals surface area contributed by atoms with Crippen LogP contribution in [-0.4, -0.2) is 35.6 Å². The van der Waals surface area contributed by atoms with Crippen molar-refractivity contribution in [2.75, 3.05) is 19.7 Å². The van der Waals surface area contributed by atoms with Gasteiger partial charge in [0.25, 0.3) is 0 Å². The predicted octanol–water partition coefficient (Wildman–Crippen LogP) is 2.93. The van der Waals surface area contributed by atoms with Crippen LogP contribution in [0.1, 0.15) is 36.5 Å². The maximum atomic E-state index is 5.49. The average molecular weight is 362 g/mol. The first-order valence-electron chi connectivity index (χ1n) is 8.72. The molecule has 0 saturated carbocycles. The molecule has 0 saturated heterocycles. The first-order chi connectivity index (χ1) is 12.2. The second kappa shape index (κ2) is 10.7. The minimum absolute atomic E-state index is 0.576. The van der Waals surface area contributed by atoms with Gasteiger partial charge in [-0.05, 0) is 25.8 Å². The Morgan fingerprint density at radius 3 is 2.80 bits per heavy atom. The summed E-state index contributed by atoms with van der Waals surface area (Å²) < 4.78 is 5.49. The van der Waals surface area contributed by atoms with Gasteiger partial charge in [0.1, 0.15) is 0 Å². The van der Waals surface area contributed by atoms with Gasteiger partial charge in [-0.2, -0.15) is 0 Å². The van der Waals surface area contributed by atoms with Gasteiger partial charge < -0.3 is 15.4 Å². The van der Waals surface area contributed by atoms with Gasteiger partial charge in [-0.1, -0.05) is 13.0 Å². The zero-order valence-corrected chi connectivity index (χ0v) is 16.0. The van der Waals surface area contributed by atoms with Crippen LogP contribution in [0.4, 0.5) is 0 Å². The number of aryl methyl sites for hydroxylation is 1. The smallest absolute Gasteiger partial charge is 0.213 e. The Hall–Kier alpha value is -2.15. The molecular formula is C18H27N5OS. The van der Waals surface area contributed by atoms with Crippen LogP contribution in [0, 0.1) is 6.92 Å². The molecule has 0 atom stereocenters. The quantitative estimate of drug-likeness (QED) is 0.531. The van der Waals surface area contributed by atoms with Gasteiger partial charge in [0.15, 0.2) is 5.96 Å². The minimum atomic E-state index is 0.576. The van der Waals surface area contributed by atoms with Gasteiger partial charge in [0.2, 0.25) is 5.88 Å². The summed E-state index contributed by atoms with van der Waals surface area (Å²) >= 11 is 1.69. The summed E-state index contributed by atoms with van der Waals surface area (Å²) in [6.45, 7) is 9.06. The highest BCUT2D eigenvalue weighted by molar-refractivity contribution is 7.09. The van der Waals surface area contributed by atoms with Gasteiger partial charge in [-0.3, -0.25) is 0 Å². The molecule has 0 fully saturated rings. The number of ether oxygens (including phenoxy) is 1. The van der Waals surface area contributed by atoms with Crippen molar-refractivity contribution in [3.63, 3.8) is 0 Å². The minimum Gasteiger partial charge on any atom is -0.478 e. The van der Waals surface area contributed by atoms with Crippen LogP contribution in [0.3, 0.4) is 0 Å². The number of aliphatic imine (C=N–C) groups is 1. The molecule has 0 bridgehead atoms. The van der Waals surface area contributed by atoms with Crippen molar-refractivity contribution in [3.8, 4) is 5.88 Å². The summed E-state index contributed by atoms with van der Waals surface area (Å²) in [5.41, 5.74) is 2.17. The SMILES string of the molecule is CCCOc1ccc(CN=C(NCC)NCCc2csc(C)n2)cn1. The number of pyridine rings is 1. The molecule has 0 unspecified atom stereocenters. The fourth-order valence-corrected chi connectivity index (χ4v) is 2.79. The normalized spacial score (nSPS) is 11.4. The van der Waals surface area contributed by atoms with E-state index in [0.717, 1.165) is 48.2 Å². The number of rotatable bonds is 9. The number of hydrogen-bond donors (Lipinski definition) is 2. The third kappa shape index (κ3) is 7.09. The number of nitrogens with one attached hydrogen (secondary N) is 2. The third-order valence-corrected chi connectivity index (χ3v) is 4.18. The Morgan fingerprint density at radius 2 is 2.16 bits per heavy atom. The Morgan fingerprint density at radius 1 is 1.28 bits per heavy atom. The van der Waals surface area contributed by atoms with Gasteiger partial charge in [-0.15, -0.1) is 11.3 Å². The number of aromatic nitrogens is 2. The lowest BCUT2D eigenvalue weighted by molar-refractivity contribution is 0.305. The molecule has 0 aromatic carbocycles. The number of thiazole rings is 1. The molecule has 7 heteroatoms. The second-order valence-electron chi connectivity index (χ2n) is 5.58. The highest BCUT2D eigenvalue weighted by Gasteiger charge is 2.01. The van der Waals surface area contributed by atoms with E-state index in [0.29, 0.717) is 19.0 Å². The van der Waals surface area contributed by atoms with Crippen molar-refractivity contribution in [2.24, 2.45) is 4.99 Å². The van der Waals surface area contributed by atoms with Gasteiger partial charge in [0, 0.05) is 37.2 Å². The molecule has 6 nitrogen and oxygen atoms in total. The molecule has 0 aliphatic heterocycles.